The predicted molar refractivity (Wildman–Crippen MR) is 72.2 cm³/mol. The minimum Gasteiger partial charge on any atom is -0.477 e. The molecule has 0 saturated heterocycles. The van der Waals surface area contributed by atoms with Gasteiger partial charge in [-0.25, -0.2) is 4.79 Å². The minimum absolute atomic E-state index is 0.0564. The second-order valence-corrected chi connectivity index (χ2v) is 5.51. The van der Waals surface area contributed by atoms with Crippen LogP contribution < -0.4 is 0 Å². The third kappa shape index (κ3) is 2.15. The van der Waals surface area contributed by atoms with E-state index in [4.69, 9.17) is 5.11 Å². The van der Waals surface area contributed by atoms with Crippen LogP contribution in [-0.2, 0) is 0 Å². The molecule has 0 spiro atoms. The Kier molecular flexibility index (Phi) is 3.34. The fourth-order valence-corrected chi connectivity index (χ4v) is 2.95. The van der Waals surface area contributed by atoms with Crippen molar-refractivity contribution in [2.45, 2.75) is 13.0 Å². The van der Waals surface area contributed by atoms with Gasteiger partial charge in [0, 0.05) is 9.77 Å². The maximum atomic E-state index is 11.1. The van der Waals surface area contributed by atoms with Gasteiger partial charge in [-0.05, 0) is 58.0 Å². The first-order chi connectivity index (χ1) is 7.59. The number of carboxylic acids is 1. The van der Waals surface area contributed by atoms with Gasteiger partial charge in [0.2, 0.25) is 0 Å². The topological polar surface area (TPSA) is 42.2 Å². The molecule has 2 aromatic rings. The lowest BCUT2D eigenvalue weighted by Gasteiger charge is -2.14. The number of thiophene rings is 1. The Morgan fingerprint density at radius 2 is 2.38 bits per heavy atom. The van der Waals surface area contributed by atoms with Crippen LogP contribution in [0.4, 0.5) is 0 Å². The van der Waals surface area contributed by atoms with Crippen molar-refractivity contribution in [2.24, 2.45) is 0 Å². The summed E-state index contributed by atoms with van der Waals surface area (Å²) in [6, 6.07) is 3.76. The predicted octanol–water partition coefficient (Wildman–Crippen LogP) is 3.46. The minimum atomic E-state index is -0.884. The van der Waals surface area contributed by atoms with E-state index in [0.29, 0.717) is 5.69 Å². The Morgan fingerprint density at radius 1 is 1.62 bits per heavy atom. The zero-order valence-electron chi connectivity index (χ0n) is 8.55. The highest BCUT2D eigenvalue weighted by atomic mass is 127. The fourth-order valence-electron chi connectivity index (χ4n) is 1.61. The highest BCUT2D eigenvalue weighted by molar-refractivity contribution is 14.1. The number of aromatic nitrogens is 1. The summed E-state index contributed by atoms with van der Waals surface area (Å²) in [6.07, 6.45) is 1.87. The zero-order valence-corrected chi connectivity index (χ0v) is 11.5. The first-order valence-electron chi connectivity index (χ1n) is 4.72. The van der Waals surface area contributed by atoms with Crippen molar-refractivity contribution >= 4 is 39.9 Å². The van der Waals surface area contributed by atoms with E-state index in [9.17, 15) is 4.79 Å². The number of carboxylic acid groups (broad SMARTS) is 1. The molecule has 0 amide bonds. The largest absolute Gasteiger partial charge is 0.477 e. The SMILES string of the molecule is CC(c1ccsc1)n1cc(I)cc1C(=O)O. The molecule has 0 fully saturated rings. The van der Waals surface area contributed by atoms with E-state index < -0.39 is 5.97 Å². The molecule has 0 bridgehead atoms. The molecule has 0 aliphatic heterocycles. The summed E-state index contributed by atoms with van der Waals surface area (Å²) >= 11 is 3.75. The molecule has 0 saturated carbocycles. The fraction of sp³-hybridized carbons (Fsp3) is 0.182. The lowest BCUT2D eigenvalue weighted by molar-refractivity contribution is 0.0684. The summed E-state index contributed by atoms with van der Waals surface area (Å²) in [6.45, 7) is 2.00. The van der Waals surface area contributed by atoms with Gasteiger partial charge in [0.25, 0.3) is 0 Å². The lowest BCUT2D eigenvalue weighted by atomic mass is 10.2. The van der Waals surface area contributed by atoms with Crippen LogP contribution in [0.5, 0.6) is 0 Å². The maximum Gasteiger partial charge on any atom is 0.352 e. The maximum absolute atomic E-state index is 11.1. The summed E-state index contributed by atoms with van der Waals surface area (Å²) in [4.78, 5) is 11.1. The summed E-state index contributed by atoms with van der Waals surface area (Å²) in [5.41, 5.74) is 1.47. The van der Waals surface area contributed by atoms with Crippen molar-refractivity contribution in [3.63, 3.8) is 0 Å². The van der Waals surface area contributed by atoms with Crippen molar-refractivity contribution in [3.8, 4) is 0 Å². The van der Waals surface area contributed by atoms with Crippen LogP contribution in [0.25, 0.3) is 0 Å². The smallest absolute Gasteiger partial charge is 0.352 e. The van der Waals surface area contributed by atoms with E-state index in [1.54, 1.807) is 22.0 Å². The molecule has 5 heteroatoms. The van der Waals surface area contributed by atoms with E-state index in [1.165, 1.54) is 0 Å². The number of hydrogen-bond donors (Lipinski definition) is 1. The van der Waals surface area contributed by atoms with Gasteiger partial charge in [-0.15, -0.1) is 0 Å². The van der Waals surface area contributed by atoms with Crippen LogP contribution in [0.15, 0.2) is 29.1 Å². The molecule has 3 nitrogen and oxygen atoms in total. The van der Waals surface area contributed by atoms with Crippen LogP contribution >= 0.6 is 33.9 Å². The van der Waals surface area contributed by atoms with Gasteiger partial charge in [-0.2, -0.15) is 11.3 Å². The molecule has 2 heterocycles. The normalized spacial score (nSPS) is 12.6. The quantitative estimate of drug-likeness (QED) is 0.864. The molecule has 1 N–H and O–H groups in total. The number of nitrogens with zero attached hydrogens (tertiary/aromatic N) is 1. The van der Waals surface area contributed by atoms with Gasteiger partial charge in [-0.1, -0.05) is 0 Å². The number of carbonyl (C=O) groups is 1. The van der Waals surface area contributed by atoms with Gasteiger partial charge in [0.1, 0.15) is 5.69 Å². The molecule has 0 aromatic carbocycles. The van der Waals surface area contributed by atoms with Crippen molar-refractivity contribution in [2.75, 3.05) is 0 Å². The van der Waals surface area contributed by atoms with E-state index >= 15 is 0 Å². The van der Waals surface area contributed by atoms with Crippen molar-refractivity contribution in [3.05, 3.63) is 43.9 Å². The van der Waals surface area contributed by atoms with Crippen molar-refractivity contribution < 1.29 is 9.90 Å². The molecular weight excluding hydrogens is 337 g/mol. The highest BCUT2D eigenvalue weighted by Gasteiger charge is 2.17. The zero-order chi connectivity index (χ0) is 11.7. The summed E-state index contributed by atoms with van der Waals surface area (Å²) in [7, 11) is 0. The molecule has 84 valence electrons. The van der Waals surface area contributed by atoms with E-state index in [1.807, 2.05) is 29.9 Å². The van der Waals surface area contributed by atoms with Gasteiger partial charge in [0.15, 0.2) is 0 Å². The molecule has 0 aliphatic carbocycles. The van der Waals surface area contributed by atoms with Crippen LogP contribution in [-0.4, -0.2) is 15.6 Å². The number of rotatable bonds is 3. The van der Waals surface area contributed by atoms with Crippen molar-refractivity contribution in [1.82, 2.24) is 4.57 Å². The molecule has 2 aromatic heterocycles. The van der Waals surface area contributed by atoms with E-state index in [-0.39, 0.29) is 6.04 Å². The molecule has 1 unspecified atom stereocenters. The number of aromatic carboxylic acids is 1. The molecule has 0 radical (unpaired) electrons. The Morgan fingerprint density at radius 3 is 2.94 bits per heavy atom. The first-order valence-corrected chi connectivity index (χ1v) is 6.74. The Labute approximate surface area is 111 Å². The molecule has 1 atom stereocenters. The number of halogens is 1. The Balaban J connectivity index is 2.43. The van der Waals surface area contributed by atoms with Gasteiger partial charge >= 0.3 is 5.97 Å². The molecule has 16 heavy (non-hydrogen) atoms. The molecular formula is C11H10INO2S. The summed E-state index contributed by atoms with van der Waals surface area (Å²) in [5.74, 6) is -0.884. The van der Waals surface area contributed by atoms with Gasteiger partial charge < -0.3 is 9.67 Å². The third-order valence-corrected chi connectivity index (χ3v) is 3.77. The first kappa shape index (κ1) is 11.7. The van der Waals surface area contributed by atoms with Gasteiger partial charge in [0.05, 0.1) is 6.04 Å². The standard InChI is InChI=1S/C11H10INO2S/c1-7(8-2-3-16-6-8)13-5-9(12)4-10(13)11(14)15/h2-7H,1H3,(H,14,15). The van der Waals surface area contributed by atoms with Crippen molar-refractivity contribution in [1.29, 1.82) is 0 Å². The Bertz CT molecular complexity index is 504. The summed E-state index contributed by atoms with van der Waals surface area (Å²) in [5, 5.41) is 13.1. The van der Waals surface area contributed by atoms with Gasteiger partial charge in [-0.3, -0.25) is 0 Å². The molecule has 2 rings (SSSR count). The van der Waals surface area contributed by atoms with E-state index in [2.05, 4.69) is 22.6 Å². The highest BCUT2D eigenvalue weighted by Crippen LogP contribution is 2.24. The third-order valence-electron chi connectivity index (χ3n) is 2.48. The summed E-state index contributed by atoms with van der Waals surface area (Å²) < 4.78 is 2.74. The lowest BCUT2D eigenvalue weighted by Crippen LogP contribution is -2.12. The van der Waals surface area contributed by atoms with Crippen LogP contribution in [0, 0.1) is 3.57 Å². The Hall–Kier alpha value is -0.820. The number of hydrogen-bond acceptors (Lipinski definition) is 2. The monoisotopic (exact) mass is 347 g/mol. The average Bonchev–Trinajstić information content (AvgIpc) is 2.84. The second-order valence-electron chi connectivity index (χ2n) is 3.49. The van der Waals surface area contributed by atoms with Crippen LogP contribution in [0.2, 0.25) is 0 Å². The average molecular weight is 347 g/mol. The van der Waals surface area contributed by atoms with E-state index in [0.717, 1.165) is 9.13 Å². The molecule has 0 aliphatic rings. The van der Waals surface area contributed by atoms with Crippen LogP contribution in [0.1, 0.15) is 29.0 Å². The second kappa shape index (κ2) is 4.58. The van der Waals surface area contributed by atoms with Crippen LogP contribution in [0.3, 0.4) is 0 Å².